The normalized spacial score (nSPS) is 17.5. The van der Waals surface area contributed by atoms with Gasteiger partial charge >= 0.3 is 0 Å². The molecule has 0 aromatic heterocycles. The third kappa shape index (κ3) is 4.52. The molecule has 3 N–H and O–H groups in total. The number of nitrogens with one attached hydrogen (secondary N) is 1. The fraction of sp³-hybridized carbons (Fsp3) is 0.571. The summed E-state index contributed by atoms with van der Waals surface area (Å²) in [6.45, 7) is 0.609. The molecule has 5 nitrogen and oxygen atoms in total. The first-order valence-electron chi connectivity index (χ1n) is 6.86. The molecule has 0 bridgehead atoms. The van der Waals surface area contributed by atoms with Crippen LogP contribution in [0.2, 0.25) is 0 Å². The van der Waals surface area contributed by atoms with Crippen LogP contribution in [0.25, 0.3) is 0 Å². The number of ether oxygens (including phenoxy) is 2. The van der Waals surface area contributed by atoms with Crippen molar-refractivity contribution in [3.8, 4) is 5.75 Å². The van der Waals surface area contributed by atoms with E-state index in [1.807, 2.05) is 0 Å². The van der Waals surface area contributed by atoms with Crippen LogP contribution in [0.15, 0.2) is 12.1 Å². The predicted octanol–water partition coefficient (Wildman–Crippen LogP) is 1.29. The number of rotatable bonds is 6. The van der Waals surface area contributed by atoms with Crippen LogP contribution in [0.4, 0.5) is 14.5 Å². The summed E-state index contributed by atoms with van der Waals surface area (Å²) in [6, 6.07) is 2.20. The maximum Gasteiger partial charge on any atom is 0.191 e. The molecule has 2 rings (SSSR count). The molecule has 0 radical (unpaired) electrons. The second kappa shape index (κ2) is 7.53. The summed E-state index contributed by atoms with van der Waals surface area (Å²) in [5.74, 6) is -2.00. The number of hydrogen-bond donors (Lipinski definition) is 3. The lowest BCUT2D eigenvalue weighted by atomic mass is 10.1. The van der Waals surface area contributed by atoms with Gasteiger partial charge in [0.25, 0.3) is 0 Å². The average Bonchev–Trinajstić information content (AvgIpc) is 2.49. The van der Waals surface area contributed by atoms with Crippen molar-refractivity contribution in [3.05, 3.63) is 23.8 Å². The molecule has 1 aromatic carbocycles. The summed E-state index contributed by atoms with van der Waals surface area (Å²) in [7, 11) is 0. The smallest absolute Gasteiger partial charge is 0.191 e. The number of anilines is 1. The molecule has 0 amide bonds. The lowest BCUT2D eigenvalue weighted by molar-refractivity contribution is 0.0223. The second-order valence-electron chi connectivity index (χ2n) is 4.92. The minimum atomic E-state index is -0.991. The quantitative estimate of drug-likeness (QED) is 0.739. The van der Waals surface area contributed by atoms with Crippen LogP contribution in [0, 0.1) is 11.6 Å². The Morgan fingerprint density at radius 2 is 1.90 bits per heavy atom. The molecule has 1 atom stereocenters. The summed E-state index contributed by atoms with van der Waals surface area (Å²) in [4.78, 5) is 0. The van der Waals surface area contributed by atoms with E-state index in [2.05, 4.69) is 5.32 Å². The molecule has 1 fully saturated rings. The Morgan fingerprint density at radius 1 is 1.29 bits per heavy atom. The number of aliphatic hydroxyl groups excluding tert-OH is 2. The van der Waals surface area contributed by atoms with E-state index in [-0.39, 0.29) is 18.3 Å². The Hall–Kier alpha value is -1.44. The number of hydrogen-bond acceptors (Lipinski definition) is 5. The first-order chi connectivity index (χ1) is 10.1. The van der Waals surface area contributed by atoms with Gasteiger partial charge in [0.05, 0.1) is 25.9 Å². The van der Waals surface area contributed by atoms with E-state index in [0.29, 0.717) is 26.1 Å². The van der Waals surface area contributed by atoms with Gasteiger partial charge in [0.2, 0.25) is 0 Å². The van der Waals surface area contributed by atoms with E-state index in [1.165, 1.54) is 0 Å². The van der Waals surface area contributed by atoms with Crippen molar-refractivity contribution in [1.82, 2.24) is 0 Å². The van der Waals surface area contributed by atoms with Crippen LogP contribution in [0.3, 0.4) is 0 Å². The first-order valence-corrected chi connectivity index (χ1v) is 6.86. The molecule has 1 heterocycles. The van der Waals surface area contributed by atoms with Crippen molar-refractivity contribution in [2.75, 3.05) is 31.7 Å². The summed E-state index contributed by atoms with van der Waals surface area (Å²) < 4.78 is 38.4. The van der Waals surface area contributed by atoms with E-state index in [9.17, 15) is 13.9 Å². The molecule has 118 valence electrons. The topological polar surface area (TPSA) is 71.0 Å². The minimum Gasteiger partial charge on any atom is -0.484 e. The SMILES string of the molecule is OCC(O)CNc1cc(F)c(OC2CCOCC2)c(F)c1. The van der Waals surface area contributed by atoms with Crippen LogP contribution < -0.4 is 10.1 Å². The predicted molar refractivity (Wildman–Crippen MR) is 72.4 cm³/mol. The molecule has 1 aliphatic rings. The van der Waals surface area contributed by atoms with Crippen LogP contribution >= 0.6 is 0 Å². The highest BCUT2D eigenvalue weighted by Crippen LogP contribution is 2.28. The molecule has 1 aliphatic heterocycles. The van der Waals surface area contributed by atoms with Crippen molar-refractivity contribution >= 4 is 5.69 Å². The van der Waals surface area contributed by atoms with E-state index in [0.717, 1.165) is 12.1 Å². The molecule has 1 saturated heterocycles. The standard InChI is InChI=1S/C14H19F2NO4/c15-12-5-9(17-7-10(19)8-18)6-13(16)14(12)21-11-1-3-20-4-2-11/h5-6,10-11,17-19H,1-4,7-8H2. The number of benzene rings is 1. The third-order valence-corrected chi connectivity index (χ3v) is 3.20. The highest BCUT2D eigenvalue weighted by molar-refractivity contribution is 5.48. The molecular formula is C14H19F2NO4. The maximum atomic E-state index is 13.9. The molecule has 0 spiro atoms. The van der Waals surface area contributed by atoms with Gasteiger partial charge in [0.1, 0.15) is 6.10 Å². The first kappa shape index (κ1) is 15.9. The summed E-state index contributed by atoms with van der Waals surface area (Å²) in [5.41, 5.74) is 0.178. The van der Waals surface area contributed by atoms with Crippen LogP contribution in [-0.4, -0.2) is 48.8 Å². The van der Waals surface area contributed by atoms with Crippen molar-refractivity contribution in [2.24, 2.45) is 0 Å². The van der Waals surface area contributed by atoms with Crippen molar-refractivity contribution in [1.29, 1.82) is 0 Å². The zero-order chi connectivity index (χ0) is 15.2. The van der Waals surface area contributed by atoms with Gasteiger partial charge in [-0.15, -0.1) is 0 Å². The number of aliphatic hydroxyl groups is 2. The van der Waals surface area contributed by atoms with Crippen LogP contribution in [0.1, 0.15) is 12.8 Å². The number of halogens is 2. The average molecular weight is 303 g/mol. The Balaban J connectivity index is 2.02. The van der Waals surface area contributed by atoms with Gasteiger partial charge in [-0.3, -0.25) is 0 Å². The Bertz CT molecular complexity index is 443. The van der Waals surface area contributed by atoms with E-state index < -0.39 is 30.1 Å². The summed E-state index contributed by atoms with van der Waals surface area (Å²) in [6.07, 6.45) is -0.0459. The molecule has 1 unspecified atom stereocenters. The Morgan fingerprint density at radius 3 is 2.48 bits per heavy atom. The molecule has 0 saturated carbocycles. The highest BCUT2D eigenvalue weighted by Gasteiger charge is 2.20. The molecule has 1 aromatic rings. The Kier molecular flexibility index (Phi) is 5.72. The van der Waals surface area contributed by atoms with Crippen molar-refractivity contribution in [2.45, 2.75) is 25.0 Å². The van der Waals surface area contributed by atoms with Crippen LogP contribution in [0.5, 0.6) is 5.75 Å². The maximum absolute atomic E-state index is 13.9. The Labute approximate surface area is 121 Å². The zero-order valence-corrected chi connectivity index (χ0v) is 11.5. The van der Waals surface area contributed by atoms with Crippen molar-refractivity contribution < 1.29 is 28.5 Å². The zero-order valence-electron chi connectivity index (χ0n) is 11.5. The third-order valence-electron chi connectivity index (χ3n) is 3.20. The summed E-state index contributed by atoms with van der Waals surface area (Å²) >= 11 is 0. The molecular weight excluding hydrogens is 284 g/mol. The van der Waals surface area contributed by atoms with E-state index in [4.69, 9.17) is 14.6 Å². The monoisotopic (exact) mass is 303 g/mol. The second-order valence-corrected chi connectivity index (χ2v) is 4.92. The van der Waals surface area contributed by atoms with E-state index in [1.54, 1.807) is 0 Å². The van der Waals surface area contributed by atoms with Gasteiger partial charge in [-0.1, -0.05) is 0 Å². The highest BCUT2D eigenvalue weighted by atomic mass is 19.1. The minimum absolute atomic E-state index is 0.00442. The van der Waals surface area contributed by atoms with Gasteiger partial charge in [-0.05, 0) is 0 Å². The van der Waals surface area contributed by atoms with E-state index >= 15 is 0 Å². The fourth-order valence-electron chi connectivity index (χ4n) is 2.04. The van der Waals surface area contributed by atoms with Gasteiger partial charge in [-0.25, -0.2) is 8.78 Å². The van der Waals surface area contributed by atoms with Crippen molar-refractivity contribution in [3.63, 3.8) is 0 Å². The van der Waals surface area contributed by atoms with Gasteiger partial charge in [0, 0.05) is 37.2 Å². The lowest BCUT2D eigenvalue weighted by Crippen LogP contribution is -2.26. The fourth-order valence-corrected chi connectivity index (χ4v) is 2.04. The van der Waals surface area contributed by atoms with Crippen LogP contribution in [-0.2, 0) is 4.74 Å². The largest absolute Gasteiger partial charge is 0.484 e. The van der Waals surface area contributed by atoms with Gasteiger partial charge < -0.3 is 25.0 Å². The lowest BCUT2D eigenvalue weighted by Gasteiger charge is -2.24. The molecule has 0 aliphatic carbocycles. The summed E-state index contributed by atoms with van der Waals surface area (Å²) in [5, 5.41) is 20.5. The molecule has 7 heteroatoms. The molecule has 21 heavy (non-hydrogen) atoms. The van der Waals surface area contributed by atoms with Gasteiger partial charge in [-0.2, -0.15) is 0 Å². The van der Waals surface area contributed by atoms with Gasteiger partial charge in [0.15, 0.2) is 17.4 Å².